The van der Waals surface area contributed by atoms with Crippen LogP contribution in [0.15, 0.2) is 34.7 Å². The first-order valence-electron chi connectivity index (χ1n) is 14.1. The van der Waals surface area contributed by atoms with Gasteiger partial charge in [-0.15, -0.1) is 10.2 Å². The van der Waals surface area contributed by atoms with E-state index in [2.05, 4.69) is 89.3 Å². The van der Waals surface area contributed by atoms with Gasteiger partial charge < -0.3 is 18.6 Å². The van der Waals surface area contributed by atoms with E-state index in [0.29, 0.717) is 22.0 Å². The Labute approximate surface area is 257 Å². The van der Waals surface area contributed by atoms with E-state index in [0.717, 1.165) is 11.3 Å². The van der Waals surface area contributed by atoms with Gasteiger partial charge in [-0.3, -0.25) is 0 Å². The fourth-order valence-corrected chi connectivity index (χ4v) is 6.44. The van der Waals surface area contributed by atoms with Crippen LogP contribution >= 0.6 is 11.6 Å². The first-order valence-corrected chi connectivity index (χ1v) is 20.3. The molecule has 0 bridgehead atoms. The van der Waals surface area contributed by atoms with Crippen molar-refractivity contribution in [2.75, 3.05) is 5.32 Å². The summed E-state index contributed by atoms with van der Waals surface area (Å²) in [6.07, 6.45) is -0.362. The Hall–Kier alpha value is -2.72. The van der Waals surface area contributed by atoms with Gasteiger partial charge in [-0.05, 0) is 86.0 Å². The second-order valence-corrected chi connectivity index (χ2v) is 23.7. The number of nitriles is 1. The summed E-state index contributed by atoms with van der Waals surface area (Å²) in [6, 6.07) is 9.66. The van der Waals surface area contributed by atoms with Crippen molar-refractivity contribution in [2.24, 2.45) is 0 Å². The molecule has 2 atom stereocenters. The van der Waals surface area contributed by atoms with E-state index in [-0.39, 0.29) is 27.8 Å². The number of aromatic nitrogens is 2. The molecular weight excluding hydrogens is 587 g/mol. The van der Waals surface area contributed by atoms with E-state index in [4.69, 9.17) is 24.9 Å². The van der Waals surface area contributed by atoms with E-state index < -0.39 is 28.5 Å². The second kappa shape index (κ2) is 12.1. The van der Waals surface area contributed by atoms with E-state index >= 15 is 0 Å². The zero-order valence-corrected chi connectivity index (χ0v) is 29.6. The van der Waals surface area contributed by atoms with E-state index in [1.165, 1.54) is 6.07 Å². The van der Waals surface area contributed by atoms with Gasteiger partial charge >= 0.3 is 0 Å². The number of anilines is 1. The minimum Gasteiger partial charge on any atom is -0.542 e. The fraction of sp³-hybridized carbons (Fsp3) is 0.516. The topological polar surface area (TPSA) is 93.2 Å². The van der Waals surface area contributed by atoms with E-state index in [1.807, 2.05) is 19.9 Å². The van der Waals surface area contributed by atoms with Crippen molar-refractivity contribution in [3.05, 3.63) is 58.2 Å². The maximum absolute atomic E-state index is 14.8. The molecular formula is C31H44ClFN4O3Si2. The lowest BCUT2D eigenvalue weighted by molar-refractivity contribution is 0.166. The van der Waals surface area contributed by atoms with Crippen LogP contribution in [-0.2, 0) is 4.43 Å². The predicted molar refractivity (Wildman–Crippen MR) is 173 cm³/mol. The molecule has 2 aromatic carbocycles. The molecule has 1 heterocycles. The van der Waals surface area contributed by atoms with Gasteiger partial charge in [-0.1, -0.05) is 53.1 Å². The van der Waals surface area contributed by atoms with Crippen LogP contribution in [0.5, 0.6) is 5.75 Å². The van der Waals surface area contributed by atoms with Crippen LogP contribution in [0.1, 0.15) is 71.5 Å². The normalized spacial score (nSPS) is 14.3. The summed E-state index contributed by atoms with van der Waals surface area (Å²) < 4.78 is 34.1. The molecule has 0 aliphatic carbocycles. The highest BCUT2D eigenvalue weighted by Gasteiger charge is 2.41. The molecule has 0 saturated carbocycles. The maximum Gasteiger partial charge on any atom is 0.250 e. The lowest BCUT2D eigenvalue weighted by Gasteiger charge is -2.40. The zero-order valence-electron chi connectivity index (χ0n) is 26.9. The molecule has 0 amide bonds. The third kappa shape index (κ3) is 7.25. The first-order chi connectivity index (χ1) is 19.2. The monoisotopic (exact) mass is 630 g/mol. The lowest BCUT2D eigenvalue weighted by atomic mass is 10.1. The van der Waals surface area contributed by atoms with Crippen molar-refractivity contribution in [2.45, 2.75) is 104 Å². The van der Waals surface area contributed by atoms with Crippen molar-refractivity contribution >= 4 is 33.9 Å². The molecule has 11 heteroatoms. The SMILES string of the molecule is Cc1c(NC(c2nnc(-c3ccc(F)c(O[Si](C)(C)C(C)(C)C)c3)o2)[C@@H](C)O[Si](C)(C)C(C)(C)C)ccc(C#N)c1Cl. The van der Waals surface area contributed by atoms with Gasteiger partial charge in [-0.25, -0.2) is 4.39 Å². The predicted octanol–water partition coefficient (Wildman–Crippen LogP) is 9.66. The number of nitrogens with zero attached hydrogens (tertiary/aromatic N) is 3. The van der Waals surface area contributed by atoms with Crippen LogP contribution in [0.25, 0.3) is 11.5 Å². The van der Waals surface area contributed by atoms with Gasteiger partial charge in [0.2, 0.25) is 11.8 Å². The molecule has 0 saturated heterocycles. The van der Waals surface area contributed by atoms with E-state index in [9.17, 15) is 9.65 Å². The van der Waals surface area contributed by atoms with E-state index in [1.54, 1.807) is 18.2 Å². The minimum atomic E-state index is -2.29. The summed E-state index contributed by atoms with van der Waals surface area (Å²) in [5, 5.41) is 21.9. The van der Waals surface area contributed by atoms with Crippen LogP contribution in [0, 0.1) is 24.1 Å². The third-order valence-electron chi connectivity index (χ3n) is 8.63. The number of halogens is 2. The molecule has 7 nitrogen and oxygen atoms in total. The van der Waals surface area contributed by atoms with Crippen LogP contribution in [-0.4, -0.2) is 32.9 Å². The Morgan fingerprint density at radius 3 is 2.19 bits per heavy atom. The van der Waals surface area contributed by atoms with Crippen LogP contribution in [0.3, 0.4) is 0 Å². The summed E-state index contributed by atoms with van der Waals surface area (Å²) >= 11 is 6.48. The second-order valence-electron chi connectivity index (χ2n) is 13.9. The Bertz CT molecular complexity index is 1470. The van der Waals surface area contributed by atoms with Crippen molar-refractivity contribution in [1.29, 1.82) is 5.26 Å². The lowest BCUT2D eigenvalue weighted by Crippen LogP contribution is -2.45. The van der Waals surface area contributed by atoms with Gasteiger partial charge in [0.25, 0.3) is 8.32 Å². The molecule has 3 aromatic rings. The van der Waals surface area contributed by atoms with Crippen molar-refractivity contribution in [3.63, 3.8) is 0 Å². The molecule has 1 N–H and O–H groups in total. The van der Waals surface area contributed by atoms with Crippen LogP contribution < -0.4 is 9.74 Å². The van der Waals surface area contributed by atoms with Gasteiger partial charge in [-0.2, -0.15) is 5.26 Å². The van der Waals surface area contributed by atoms with Crippen LogP contribution in [0.2, 0.25) is 41.3 Å². The number of nitrogens with one attached hydrogen (secondary N) is 1. The van der Waals surface area contributed by atoms with Gasteiger partial charge in [0.15, 0.2) is 14.1 Å². The average molecular weight is 631 g/mol. The molecule has 0 radical (unpaired) electrons. The van der Waals surface area contributed by atoms with Gasteiger partial charge in [0.05, 0.1) is 16.7 Å². The summed E-state index contributed by atoms with van der Waals surface area (Å²) in [6.45, 7) is 25.2. The first kappa shape index (κ1) is 33.8. The standard InChI is InChI=1S/C31H44ClFN4O3Si2/c1-19-24(16-14-22(18-34)26(19)32)35-27(20(2)39-41(9,10)30(3,4)5)29-37-36-28(38-29)21-13-15-23(33)25(17-21)40-42(11,12)31(6,7)8/h13-17,20,27,35H,1-12H3/t20-,27?/m1/s1. The maximum atomic E-state index is 14.8. The molecule has 228 valence electrons. The Morgan fingerprint density at radius 1 is 1.00 bits per heavy atom. The number of hydrogen-bond donors (Lipinski definition) is 1. The number of hydrogen-bond acceptors (Lipinski definition) is 7. The number of rotatable bonds is 9. The molecule has 0 spiro atoms. The molecule has 1 unspecified atom stereocenters. The smallest absolute Gasteiger partial charge is 0.250 e. The zero-order chi connectivity index (χ0) is 31.8. The number of benzene rings is 2. The molecule has 1 aromatic heterocycles. The summed E-state index contributed by atoms with van der Waals surface area (Å²) in [5.41, 5.74) is 2.40. The molecule has 0 aliphatic heterocycles. The Balaban J connectivity index is 2.03. The van der Waals surface area contributed by atoms with Gasteiger partial charge in [0, 0.05) is 11.3 Å². The largest absolute Gasteiger partial charge is 0.542 e. The van der Waals surface area contributed by atoms with Gasteiger partial charge in [0.1, 0.15) is 17.9 Å². The Morgan fingerprint density at radius 2 is 1.62 bits per heavy atom. The molecule has 0 aliphatic rings. The van der Waals surface area contributed by atoms with Crippen molar-refractivity contribution in [3.8, 4) is 23.3 Å². The quantitative estimate of drug-likeness (QED) is 0.235. The highest BCUT2D eigenvalue weighted by Crippen LogP contribution is 2.41. The fourth-order valence-electron chi connectivity index (χ4n) is 3.80. The van der Waals surface area contributed by atoms with Crippen molar-refractivity contribution < 1.29 is 17.7 Å². The summed E-state index contributed by atoms with van der Waals surface area (Å²) in [5.74, 6) is 0.289. The highest BCUT2D eigenvalue weighted by molar-refractivity contribution is 6.75. The third-order valence-corrected chi connectivity index (χ3v) is 18.0. The van der Waals surface area contributed by atoms with Crippen LogP contribution in [0.4, 0.5) is 10.1 Å². The summed E-state index contributed by atoms with van der Waals surface area (Å²) in [7, 11) is -4.47. The highest BCUT2D eigenvalue weighted by atomic mass is 35.5. The minimum absolute atomic E-state index is 0.0197. The Kier molecular flexibility index (Phi) is 9.74. The van der Waals surface area contributed by atoms with Crippen molar-refractivity contribution in [1.82, 2.24) is 10.2 Å². The average Bonchev–Trinajstić information content (AvgIpc) is 3.34. The summed E-state index contributed by atoms with van der Waals surface area (Å²) in [4.78, 5) is 0. The molecule has 3 rings (SSSR count). The molecule has 0 fully saturated rings. The molecule has 42 heavy (non-hydrogen) atoms.